The van der Waals surface area contributed by atoms with E-state index in [1.807, 2.05) is 0 Å². The Balaban J connectivity index is 2.61. The lowest BCUT2D eigenvalue weighted by atomic mass is 9.83. The number of halogens is 2. The summed E-state index contributed by atoms with van der Waals surface area (Å²) in [6, 6.07) is 0. The molecule has 0 aromatic heterocycles. The number of esters is 1. The molecule has 3 nitrogen and oxygen atoms in total. The van der Waals surface area contributed by atoms with Crippen molar-refractivity contribution in [3.05, 3.63) is 0 Å². The van der Waals surface area contributed by atoms with Crippen molar-refractivity contribution < 1.29 is 19.0 Å². The minimum atomic E-state index is -2.47. The van der Waals surface area contributed by atoms with Gasteiger partial charge in [-0.2, -0.15) is 0 Å². The fourth-order valence-electron chi connectivity index (χ4n) is 2.09. The number of carbonyl (C=O) groups excluding carboxylic acids is 1. The zero-order valence-corrected chi connectivity index (χ0v) is 11.0. The number of rotatable bonds is 4. The first kappa shape index (κ1) is 13.9. The van der Waals surface area contributed by atoms with Crippen LogP contribution in [0.1, 0.15) is 39.0 Å². The van der Waals surface area contributed by atoms with Crippen molar-refractivity contribution in [2.24, 2.45) is 5.92 Å². The predicted octanol–water partition coefficient (Wildman–Crippen LogP) is 2.55. The average molecular weight is 297 g/mol. The maximum absolute atomic E-state index is 14.0. The number of alkyl halides is 2. The Bertz CT molecular complexity index is 239. The fourth-order valence-corrected chi connectivity index (χ4v) is 2.58. The molecule has 0 bridgehead atoms. The highest BCUT2D eigenvalue weighted by Crippen LogP contribution is 2.37. The molecule has 0 saturated heterocycles. The van der Waals surface area contributed by atoms with Gasteiger partial charge < -0.3 is 9.84 Å². The molecule has 0 spiro atoms. The van der Waals surface area contributed by atoms with Gasteiger partial charge in [0.2, 0.25) is 0 Å². The molecule has 1 aliphatic rings. The summed E-state index contributed by atoms with van der Waals surface area (Å²) in [5, 5.41) is 9.88. The van der Waals surface area contributed by atoms with E-state index < -0.39 is 16.7 Å². The van der Waals surface area contributed by atoms with E-state index in [-0.39, 0.29) is 12.5 Å². The topological polar surface area (TPSA) is 46.5 Å². The largest absolute Gasteiger partial charge is 0.463 e. The highest BCUT2D eigenvalue weighted by atomic mass is 79.9. The molecule has 0 unspecified atom stereocenters. The average Bonchev–Trinajstić information content (AvgIpc) is 2.29. The number of hydrogen-bond donors (Lipinski definition) is 1. The van der Waals surface area contributed by atoms with Gasteiger partial charge in [-0.15, -0.1) is 0 Å². The lowest BCUT2D eigenvalue weighted by molar-refractivity contribution is -0.158. The van der Waals surface area contributed by atoms with Crippen molar-refractivity contribution in [2.75, 3.05) is 6.61 Å². The second-order valence-corrected chi connectivity index (χ2v) is 5.34. The molecule has 16 heavy (non-hydrogen) atoms. The molecule has 1 saturated carbocycles. The zero-order valence-electron chi connectivity index (χ0n) is 9.42. The Labute approximate surface area is 103 Å². The van der Waals surface area contributed by atoms with E-state index in [2.05, 4.69) is 20.7 Å². The lowest BCUT2D eigenvalue weighted by Crippen LogP contribution is -2.45. The summed E-state index contributed by atoms with van der Waals surface area (Å²) in [5.41, 5.74) is 0. The van der Waals surface area contributed by atoms with E-state index in [1.54, 1.807) is 6.92 Å². The van der Waals surface area contributed by atoms with Gasteiger partial charge in [-0.1, -0.05) is 19.3 Å². The molecule has 5 heteroatoms. The van der Waals surface area contributed by atoms with Crippen molar-refractivity contribution in [2.45, 2.75) is 49.7 Å². The molecule has 0 aliphatic heterocycles. The third kappa shape index (κ3) is 3.17. The number of ether oxygens (including phenoxy) is 1. The summed E-state index contributed by atoms with van der Waals surface area (Å²) in [5.74, 6) is -1.20. The second-order valence-electron chi connectivity index (χ2n) is 4.19. The normalized spacial score (nSPS) is 23.5. The molecule has 1 aliphatic carbocycles. The first-order chi connectivity index (χ1) is 7.50. The molecule has 2 atom stereocenters. The van der Waals surface area contributed by atoms with E-state index in [4.69, 9.17) is 0 Å². The molecule has 0 amide bonds. The third-order valence-electron chi connectivity index (χ3n) is 3.02. The molecule has 1 rings (SSSR count). The van der Waals surface area contributed by atoms with Crippen LogP contribution in [0, 0.1) is 5.92 Å². The Morgan fingerprint density at radius 3 is 2.62 bits per heavy atom. The van der Waals surface area contributed by atoms with Gasteiger partial charge in [0.05, 0.1) is 6.61 Å². The maximum Gasteiger partial charge on any atom is 0.357 e. The van der Waals surface area contributed by atoms with E-state index in [1.165, 1.54) is 0 Å². The monoisotopic (exact) mass is 296 g/mol. The van der Waals surface area contributed by atoms with Crippen LogP contribution in [-0.4, -0.2) is 28.4 Å². The predicted molar refractivity (Wildman–Crippen MR) is 62.0 cm³/mol. The van der Waals surface area contributed by atoms with Crippen LogP contribution < -0.4 is 0 Å². The standard InChI is InChI=1S/C11H18BrFO3/c1-2-16-10(15)11(12,13)9(14)8-6-4-3-5-7-8/h8-9,14H,2-7H2,1H3/t9-,11+/m1/s1. The second kappa shape index (κ2) is 5.96. The summed E-state index contributed by atoms with van der Waals surface area (Å²) in [6.07, 6.45) is 3.27. The minimum absolute atomic E-state index is 0.105. The zero-order chi connectivity index (χ0) is 12.2. The molecule has 1 fully saturated rings. The Kier molecular flexibility index (Phi) is 5.18. The number of aliphatic hydroxyl groups is 1. The van der Waals surface area contributed by atoms with Crippen LogP contribution in [-0.2, 0) is 9.53 Å². The van der Waals surface area contributed by atoms with Gasteiger partial charge in [-0.05, 0) is 41.6 Å². The van der Waals surface area contributed by atoms with E-state index in [0.717, 1.165) is 32.1 Å². The van der Waals surface area contributed by atoms with Crippen LogP contribution in [0.25, 0.3) is 0 Å². The first-order valence-corrected chi connectivity index (χ1v) is 6.52. The molecule has 1 N–H and O–H groups in total. The van der Waals surface area contributed by atoms with Crippen LogP contribution in [0.4, 0.5) is 4.39 Å². The summed E-state index contributed by atoms with van der Waals surface area (Å²) in [6.45, 7) is 1.71. The summed E-state index contributed by atoms with van der Waals surface area (Å²) in [7, 11) is 0. The van der Waals surface area contributed by atoms with Crippen molar-refractivity contribution in [1.29, 1.82) is 0 Å². The van der Waals surface area contributed by atoms with E-state index in [0.29, 0.717) is 0 Å². The highest BCUT2D eigenvalue weighted by molar-refractivity contribution is 9.10. The van der Waals surface area contributed by atoms with Gasteiger partial charge in [0, 0.05) is 0 Å². The quantitative estimate of drug-likeness (QED) is 0.641. The van der Waals surface area contributed by atoms with Gasteiger partial charge >= 0.3 is 5.97 Å². The lowest BCUT2D eigenvalue weighted by Gasteiger charge is -2.31. The van der Waals surface area contributed by atoms with E-state index in [9.17, 15) is 14.3 Å². The van der Waals surface area contributed by atoms with Crippen LogP contribution >= 0.6 is 15.9 Å². The van der Waals surface area contributed by atoms with Crippen LogP contribution in [0.2, 0.25) is 0 Å². The van der Waals surface area contributed by atoms with Crippen molar-refractivity contribution in [1.82, 2.24) is 0 Å². The Morgan fingerprint density at radius 2 is 2.12 bits per heavy atom. The number of aliphatic hydroxyl groups excluding tert-OH is 1. The molecular weight excluding hydrogens is 279 g/mol. The van der Waals surface area contributed by atoms with Gasteiger partial charge in [-0.25, -0.2) is 9.18 Å². The summed E-state index contributed by atoms with van der Waals surface area (Å²) >= 11 is 2.66. The fraction of sp³-hybridized carbons (Fsp3) is 0.909. The van der Waals surface area contributed by atoms with Gasteiger partial charge in [0.15, 0.2) is 0 Å². The van der Waals surface area contributed by atoms with E-state index >= 15 is 0 Å². The molecule has 94 valence electrons. The van der Waals surface area contributed by atoms with Crippen molar-refractivity contribution in [3.63, 3.8) is 0 Å². The smallest absolute Gasteiger partial charge is 0.357 e. The minimum Gasteiger partial charge on any atom is -0.463 e. The van der Waals surface area contributed by atoms with Gasteiger partial charge in [0.25, 0.3) is 4.58 Å². The molecular formula is C11H18BrFO3. The third-order valence-corrected chi connectivity index (χ3v) is 3.81. The summed E-state index contributed by atoms with van der Waals surface area (Å²) in [4.78, 5) is 11.3. The number of hydrogen-bond acceptors (Lipinski definition) is 3. The Morgan fingerprint density at radius 1 is 1.56 bits per heavy atom. The Hall–Kier alpha value is -0.160. The van der Waals surface area contributed by atoms with Crippen LogP contribution in [0.15, 0.2) is 0 Å². The summed E-state index contributed by atoms with van der Waals surface area (Å²) < 4.78 is 16.2. The first-order valence-electron chi connectivity index (χ1n) is 5.73. The SMILES string of the molecule is CCOC(=O)[C@](F)(Br)[C@H](O)C1CCCCC1. The van der Waals surface area contributed by atoms with Crippen LogP contribution in [0.5, 0.6) is 0 Å². The molecule has 0 aromatic carbocycles. The van der Waals surface area contributed by atoms with Gasteiger partial charge in [-0.3, -0.25) is 0 Å². The molecule has 0 aromatic rings. The van der Waals surface area contributed by atoms with Crippen molar-refractivity contribution >= 4 is 21.9 Å². The van der Waals surface area contributed by atoms with Gasteiger partial charge in [0.1, 0.15) is 6.10 Å². The van der Waals surface area contributed by atoms with Crippen LogP contribution in [0.3, 0.4) is 0 Å². The molecule has 0 heterocycles. The highest BCUT2D eigenvalue weighted by Gasteiger charge is 2.48. The maximum atomic E-state index is 14.0. The van der Waals surface area contributed by atoms with Crippen molar-refractivity contribution in [3.8, 4) is 0 Å². The molecule has 0 radical (unpaired) electrons. The number of carbonyl (C=O) groups is 1.